The zero-order valence-electron chi connectivity index (χ0n) is 10.5. The summed E-state index contributed by atoms with van der Waals surface area (Å²) in [6, 6.07) is 4.59. The molecular weight excluding hydrogens is 217 g/mol. The van der Waals surface area contributed by atoms with Gasteiger partial charge in [-0.25, -0.2) is 4.39 Å². The summed E-state index contributed by atoms with van der Waals surface area (Å²) in [7, 11) is 1.83. The second-order valence-corrected chi connectivity index (χ2v) is 4.95. The van der Waals surface area contributed by atoms with E-state index in [1.165, 1.54) is 25.0 Å². The first-order valence-electron chi connectivity index (χ1n) is 6.04. The number of rotatable bonds is 3. The molecule has 0 N–H and O–H groups in total. The van der Waals surface area contributed by atoms with Gasteiger partial charge < -0.3 is 4.90 Å². The number of halogens is 1. The average molecular weight is 235 g/mol. The van der Waals surface area contributed by atoms with Crippen molar-refractivity contribution in [1.82, 2.24) is 4.90 Å². The SMILES string of the molecule is Cc1cc(F)ccc1C(=O)N(C)C(C)C1CC1. The summed E-state index contributed by atoms with van der Waals surface area (Å²) >= 11 is 0. The van der Waals surface area contributed by atoms with Crippen LogP contribution in [-0.4, -0.2) is 23.9 Å². The minimum Gasteiger partial charge on any atom is -0.339 e. The lowest BCUT2D eigenvalue weighted by atomic mass is 10.1. The van der Waals surface area contributed by atoms with Crippen LogP contribution in [0.3, 0.4) is 0 Å². The number of benzene rings is 1. The van der Waals surface area contributed by atoms with Crippen LogP contribution in [0.4, 0.5) is 4.39 Å². The lowest BCUT2D eigenvalue weighted by molar-refractivity contribution is 0.0726. The molecule has 0 heterocycles. The number of nitrogens with zero attached hydrogens (tertiary/aromatic N) is 1. The van der Waals surface area contributed by atoms with Gasteiger partial charge in [-0.05, 0) is 56.4 Å². The molecule has 1 amide bonds. The van der Waals surface area contributed by atoms with Crippen molar-refractivity contribution in [2.75, 3.05) is 7.05 Å². The second-order valence-electron chi connectivity index (χ2n) is 4.95. The fourth-order valence-corrected chi connectivity index (χ4v) is 2.14. The Morgan fingerprint density at radius 2 is 2.12 bits per heavy atom. The van der Waals surface area contributed by atoms with Gasteiger partial charge in [-0.3, -0.25) is 4.79 Å². The number of carbonyl (C=O) groups is 1. The van der Waals surface area contributed by atoms with Crippen LogP contribution in [0, 0.1) is 18.7 Å². The van der Waals surface area contributed by atoms with Crippen LogP contribution in [0.15, 0.2) is 18.2 Å². The van der Waals surface area contributed by atoms with Crippen LogP contribution in [0.2, 0.25) is 0 Å². The van der Waals surface area contributed by atoms with E-state index in [1.54, 1.807) is 17.9 Å². The molecule has 17 heavy (non-hydrogen) atoms. The maximum Gasteiger partial charge on any atom is 0.254 e. The standard InChI is InChI=1S/C14H18FNO/c1-9-8-12(15)6-7-13(9)14(17)16(3)10(2)11-4-5-11/h6-8,10-11H,4-5H2,1-3H3. The van der Waals surface area contributed by atoms with E-state index in [9.17, 15) is 9.18 Å². The molecule has 2 nitrogen and oxygen atoms in total. The van der Waals surface area contributed by atoms with Crippen molar-refractivity contribution in [2.24, 2.45) is 5.92 Å². The minimum absolute atomic E-state index is 0.0121. The largest absolute Gasteiger partial charge is 0.339 e. The summed E-state index contributed by atoms with van der Waals surface area (Å²) in [6.45, 7) is 3.85. The molecule has 92 valence electrons. The third-order valence-electron chi connectivity index (χ3n) is 3.65. The summed E-state index contributed by atoms with van der Waals surface area (Å²) in [6.07, 6.45) is 2.42. The van der Waals surface area contributed by atoms with Gasteiger partial charge in [0.1, 0.15) is 5.82 Å². The highest BCUT2D eigenvalue weighted by Gasteiger charge is 2.32. The van der Waals surface area contributed by atoms with E-state index in [0.717, 1.165) is 0 Å². The predicted octanol–water partition coefficient (Wildman–Crippen LogP) is 3.00. The van der Waals surface area contributed by atoms with Gasteiger partial charge in [0, 0.05) is 18.7 Å². The molecule has 0 spiro atoms. The molecule has 1 aromatic carbocycles. The molecule has 0 aromatic heterocycles. The summed E-state index contributed by atoms with van der Waals surface area (Å²) in [5.74, 6) is 0.337. The highest BCUT2D eigenvalue weighted by Crippen LogP contribution is 2.35. The fourth-order valence-electron chi connectivity index (χ4n) is 2.14. The second kappa shape index (κ2) is 4.47. The van der Waals surface area contributed by atoms with Crippen LogP contribution in [0.1, 0.15) is 35.7 Å². The van der Waals surface area contributed by atoms with Crippen molar-refractivity contribution >= 4 is 5.91 Å². The third-order valence-corrected chi connectivity index (χ3v) is 3.65. The lowest BCUT2D eigenvalue weighted by Gasteiger charge is -2.25. The van der Waals surface area contributed by atoms with Crippen LogP contribution in [-0.2, 0) is 0 Å². The van der Waals surface area contributed by atoms with E-state index >= 15 is 0 Å². The third kappa shape index (κ3) is 2.48. The maximum absolute atomic E-state index is 13.0. The van der Waals surface area contributed by atoms with E-state index in [4.69, 9.17) is 0 Å². The van der Waals surface area contributed by atoms with Crippen molar-refractivity contribution in [3.8, 4) is 0 Å². The molecular formula is C14H18FNO. The Bertz CT molecular complexity index is 440. The van der Waals surface area contributed by atoms with Crippen molar-refractivity contribution in [3.05, 3.63) is 35.1 Å². The summed E-state index contributed by atoms with van der Waals surface area (Å²) in [5, 5.41) is 0. The Morgan fingerprint density at radius 1 is 1.47 bits per heavy atom. The summed E-state index contributed by atoms with van der Waals surface area (Å²) in [4.78, 5) is 14.0. The van der Waals surface area contributed by atoms with Crippen molar-refractivity contribution < 1.29 is 9.18 Å². The Labute approximate surface area is 101 Å². The monoisotopic (exact) mass is 235 g/mol. The number of hydrogen-bond acceptors (Lipinski definition) is 1. The predicted molar refractivity (Wildman–Crippen MR) is 65.4 cm³/mol. The van der Waals surface area contributed by atoms with Crippen molar-refractivity contribution in [3.63, 3.8) is 0 Å². The molecule has 1 saturated carbocycles. The normalized spacial score (nSPS) is 16.7. The quantitative estimate of drug-likeness (QED) is 0.788. The van der Waals surface area contributed by atoms with Gasteiger partial charge in [0.25, 0.3) is 5.91 Å². The Morgan fingerprint density at radius 3 is 2.65 bits per heavy atom. The van der Waals surface area contributed by atoms with Gasteiger partial charge in [0.15, 0.2) is 0 Å². The number of carbonyl (C=O) groups excluding carboxylic acids is 1. The molecule has 1 fully saturated rings. The molecule has 1 aromatic rings. The first-order valence-corrected chi connectivity index (χ1v) is 6.04. The van der Waals surface area contributed by atoms with Gasteiger partial charge in [0.2, 0.25) is 0 Å². The lowest BCUT2D eigenvalue weighted by Crippen LogP contribution is -2.36. The zero-order valence-corrected chi connectivity index (χ0v) is 10.5. The number of aryl methyl sites for hydroxylation is 1. The van der Waals surface area contributed by atoms with Gasteiger partial charge in [-0.15, -0.1) is 0 Å². The molecule has 0 aliphatic heterocycles. The van der Waals surface area contributed by atoms with Gasteiger partial charge in [0.05, 0.1) is 0 Å². The first-order chi connectivity index (χ1) is 8.00. The zero-order chi connectivity index (χ0) is 12.6. The van der Waals surface area contributed by atoms with Gasteiger partial charge >= 0.3 is 0 Å². The van der Waals surface area contributed by atoms with Crippen molar-refractivity contribution in [2.45, 2.75) is 32.7 Å². The Balaban J connectivity index is 2.18. The number of hydrogen-bond donors (Lipinski definition) is 0. The molecule has 0 radical (unpaired) electrons. The van der Waals surface area contributed by atoms with Gasteiger partial charge in [-0.1, -0.05) is 0 Å². The van der Waals surface area contributed by atoms with E-state index in [2.05, 4.69) is 6.92 Å². The Kier molecular flexibility index (Phi) is 3.18. The topological polar surface area (TPSA) is 20.3 Å². The average Bonchev–Trinajstić information content (AvgIpc) is 3.10. The summed E-state index contributed by atoms with van der Waals surface area (Å²) < 4.78 is 13.0. The highest BCUT2D eigenvalue weighted by molar-refractivity contribution is 5.95. The van der Waals surface area contributed by atoms with E-state index < -0.39 is 0 Å². The van der Waals surface area contributed by atoms with E-state index in [1.807, 2.05) is 7.05 Å². The molecule has 3 heteroatoms. The van der Waals surface area contributed by atoms with Crippen LogP contribution in [0.25, 0.3) is 0 Å². The van der Waals surface area contributed by atoms with E-state index in [0.29, 0.717) is 17.0 Å². The first kappa shape index (κ1) is 12.1. The fraction of sp³-hybridized carbons (Fsp3) is 0.500. The minimum atomic E-state index is -0.294. The molecule has 1 atom stereocenters. The van der Waals surface area contributed by atoms with Crippen molar-refractivity contribution in [1.29, 1.82) is 0 Å². The molecule has 1 aliphatic rings. The Hall–Kier alpha value is -1.38. The maximum atomic E-state index is 13.0. The molecule has 0 bridgehead atoms. The van der Waals surface area contributed by atoms with Crippen LogP contribution < -0.4 is 0 Å². The smallest absolute Gasteiger partial charge is 0.254 e. The van der Waals surface area contributed by atoms with Gasteiger partial charge in [-0.2, -0.15) is 0 Å². The summed E-state index contributed by atoms with van der Waals surface area (Å²) in [5.41, 5.74) is 1.30. The number of amides is 1. The van der Waals surface area contributed by atoms with E-state index in [-0.39, 0.29) is 17.8 Å². The van der Waals surface area contributed by atoms with Crippen LogP contribution >= 0.6 is 0 Å². The molecule has 2 rings (SSSR count). The molecule has 1 aliphatic carbocycles. The van der Waals surface area contributed by atoms with Crippen LogP contribution in [0.5, 0.6) is 0 Å². The molecule has 0 saturated heterocycles. The molecule has 1 unspecified atom stereocenters. The highest BCUT2D eigenvalue weighted by atomic mass is 19.1.